The van der Waals surface area contributed by atoms with E-state index in [1.807, 2.05) is 7.05 Å². The summed E-state index contributed by atoms with van der Waals surface area (Å²) in [6, 6.07) is 9.16. The molecule has 2 N–H and O–H groups in total. The zero-order valence-electron chi connectivity index (χ0n) is 16.5. The van der Waals surface area contributed by atoms with E-state index in [1.54, 1.807) is 0 Å². The molecule has 0 aliphatic carbocycles. The van der Waals surface area contributed by atoms with Crippen LogP contribution in [0.3, 0.4) is 0 Å². The van der Waals surface area contributed by atoms with E-state index in [1.165, 1.54) is 11.1 Å². The van der Waals surface area contributed by atoms with Gasteiger partial charge in [-0.25, -0.2) is 0 Å². The second-order valence-corrected chi connectivity index (χ2v) is 7.44. The van der Waals surface area contributed by atoms with Gasteiger partial charge in [-0.1, -0.05) is 43.7 Å². The van der Waals surface area contributed by atoms with Crippen LogP contribution >= 0.6 is 0 Å². The molecule has 1 heterocycles. The van der Waals surface area contributed by atoms with Crippen LogP contribution in [0.2, 0.25) is 0 Å². The number of hydrogen-bond acceptors (Lipinski definition) is 3. The molecule has 1 aromatic rings. The third kappa shape index (κ3) is 6.33. The second kappa shape index (κ2) is 9.78. The van der Waals surface area contributed by atoms with Crippen LogP contribution in [0.4, 0.5) is 0 Å². The second-order valence-electron chi connectivity index (χ2n) is 7.44. The molecule has 140 valence electrons. The third-order valence-electron chi connectivity index (χ3n) is 5.06. The highest BCUT2D eigenvalue weighted by Gasteiger charge is 2.24. The monoisotopic (exact) mass is 345 g/mol. The molecule has 1 saturated heterocycles. The van der Waals surface area contributed by atoms with E-state index >= 15 is 0 Å². The minimum Gasteiger partial charge on any atom is -0.355 e. The number of nitrogens with zero attached hydrogens (tertiary/aromatic N) is 3. The highest BCUT2D eigenvalue weighted by molar-refractivity contribution is 5.79. The molecule has 5 heteroatoms. The summed E-state index contributed by atoms with van der Waals surface area (Å²) in [5, 5.41) is 6.95. The Morgan fingerprint density at radius 1 is 1.08 bits per heavy atom. The number of aliphatic imine (C=N–C) groups is 1. The van der Waals surface area contributed by atoms with Gasteiger partial charge in [-0.3, -0.25) is 9.89 Å². The molecule has 1 aliphatic rings. The van der Waals surface area contributed by atoms with Crippen molar-refractivity contribution in [3.05, 3.63) is 35.4 Å². The number of benzene rings is 1. The molecule has 5 nitrogen and oxygen atoms in total. The number of nitrogens with one attached hydrogen (secondary N) is 2. The van der Waals surface area contributed by atoms with Crippen molar-refractivity contribution in [3.63, 3.8) is 0 Å². The van der Waals surface area contributed by atoms with Crippen LogP contribution in [0.1, 0.15) is 25.0 Å². The molecule has 0 aromatic heterocycles. The largest absolute Gasteiger partial charge is 0.355 e. The number of hydrogen-bond donors (Lipinski definition) is 2. The topological polar surface area (TPSA) is 42.9 Å². The van der Waals surface area contributed by atoms with Crippen molar-refractivity contribution in [2.75, 3.05) is 46.8 Å². The molecule has 0 bridgehead atoms. The summed E-state index contributed by atoms with van der Waals surface area (Å²) < 4.78 is 0. The summed E-state index contributed by atoms with van der Waals surface area (Å²) in [6.07, 6.45) is 0. The van der Waals surface area contributed by atoms with Crippen molar-refractivity contribution in [3.8, 4) is 0 Å². The fourth-order valence-corrected chi connectivity index (χ4v) is 3.25. The van der Waals surface area contributed by atoms with Gasteiger partial charge >= 0.3 is 0 Å². The number of rotatable bonds is 6. The lowest BCUT2D eigenvalue weighted by Gasteiger charge is -2.40. The van der Waals surface area contributed by atoms with Gasteiger partial charge in [-0.2, -0.15) is 0 Å². The van der Waals surface area contributed by atoms with Crippen molar-refractivity contribution in [2.45, 2.75) is 33.4 Å². The fraction of sp³-hybridized carbons (Fsp3) is 0.650. The van der Waals surface area contributed by atoms with Gasteiger partial charge in [0.2, 0.25) is 0 Å². The van der Waals surface area contributed by atoms with E-state index in [4.69, 9.17) is 0 Å². The van der Waals surface area contributed by atoms with Crippen LogP contribution in [-0.2, 0) is 6.54 Å². The van der Waals surface area contributed by atoms with Crippen molar-refractivity contribution < 1.29 is 0 Å². The van der Waals surface area contributed by atoms with Gasteiger partial charge in [0, 0.05) is 52.4 Å². The van der Waals surface area contributed by atoms with E-state index in [0.29, 0.717) is 12.0 Å². The zero-order valence-corrected chi connectivity index (χ0v) is 16.5. The van der Waals surface area contributed by atoms with Crippen molar-refractivity contribution in [1.82, 2.24) is 20.4 Å². The summed E-state index contributed by atoms with van der Waals surface area (Å²) in [4.78, 5) is 9.40. The average molecular weight is 346 g/mol. The maximum Gasteiger partial charge on any atom is 0.191 e. The lowest BCUT2D eigenvalue weighted by molar-refractivity contribution is 0.0900. The van der Waals surface area contributed by atoms with Gasteiger partial charge in [0.15, 0.2) is 5.96 Å². The molecule has 25 heavy (non-hydrogen) atoms. The minimum absolute atomic E-state index is 0.534. The predicted molar refractivity (Wildman–Crippen MR) is 107 cm³/mol. The Kier molecular flexibility index (Phi) is 7.72. The molecule has 1 aliphatic heterocycles. The predicted octanol–water partition coefficient (Wildman–Crippen LogP) is 1.93. The number of piperazine rings is 1. The summed E-state index contributed by atoms with van der Waals surface area (Å²) in [6.45, 7) is 13.1. The summed E-state index contributed by atoms with van der Waals surface area (Å²) in [7, 11) is 4.04. The lowest BCUT2D eigenvalue weighted by Crippen LogP contribution is -2.55. The van der Waals surface area contributed by atoms with Gasteiger partial charge in [0.25, 0.3) is 0 Å². The Morgan fingerprint density at radius 3 is 2.28 bits per heavy atom. The number of guanidine groups is 1. The Balaban J connectivity index is 1.83. The van der Waals surface area contributed by atoms with Crippen LogP contribution in [0.15, 0.2) is 29.3 Å². The first-order valence-corrected chi connectivity index (χ1v) is 9.42. The summed E-state index contributed by atoms with van der Waals surface area (Å²) in [5.41, 5.74) is 2.56. The van der Waals surface area contributed by atoms with Gasteiger partial charge in [-0.15, -0.1) is 0 Å². The SMILES string of the molecule is CN=C(NCc1ccc(C)cc1)NCC(C(C)C)N1CCN(C)CC1. The van der Waals surface area contributed by atoms with Gasteiger partial charge in [0.1, 0.15) is 0 Å². The smallest absolute Gasteiger partial charge is 0.191 e. The maximum absolute atomic E-state index is 4.38. The molecule has 0 spiro atoms. The molecule has 1 aromatic carbocycles. The molecule has 1 unspecified atom stereocenters. The van der Waals surface area contributed by atoms with Crippen LogP contribution in [0.25, 0.3) is 0 Å². The molecule has 0 radical (unpaired) electrons. The van der Waals surface area contributed by atoms with Crippen LogP contribution in [-0.4, -0.2) is 68.6 Å². The van der Waals surface area contributed by atoms with Gasteiger partial charge in [0.05, 0.1) is 0 Å². The molecule has 0 saturated carbocycles. The first kappa shape index (κ1) is 19.7. The molecule has 1 fully saturated rings. The lowest BCUT2D eigenvalue weighted by atomic mass is 10.0. The van der Waals surface area contributed by atoms with Crippen LogP contribution in [0.5, 0.6) is 0 Å². The third-order valence-corrected chi connectivity index (χ3v) is 5.06. The van der Waals surface area contributed by atoms with Gasteiger partial charge < -0.3 is 15.5 Å². The Hall–Kier alpha value is -1.59. The minimum atomic E-state index is 0.534. The molecular formula is C20H35N5. The van der Waals surface area contributed by atoms with Crippen molar-refractivity contribution in [1.29, 1.82) is 0 Å². The molecule has 1 atom stereocenters. The number of aryl methyl sites for hydroxylation is 1. The van der Waals surface area contributed by atoms with Crippen LogP contribution < -0.4 is 10.6 Å². The van der Waals surface area contributed by atoms with Crippen molar-refractivity contribution >= 4 is 5.96 Å². The first-order chi connectivity index (χ1) is 12.0. The molecule has 0 amide bonds. The first-order valence-electron chi connectivity index (χ1n) is 9.42. The number of likely N-dealkylation sites (N-methyl/N-ethyl adjacent to an activating group) is 1. The van der Waals surface area contributed by atoms with E-state index < -0.39 is 0 Å². The standard InChI is InChI=1S/C20H35N5/c1-16(2)19(25-12-10-24(5)11-13-25)15-23-20(21-4)22-14-18-8-6-17(3)7-9-18/h6-9,16,19H,10-15H2,1-5H3,(H2,21,22,23). The Labute approximate surface area is 153 Å². The molecule has 2 rings (SSSR count). The maximum atomic E-state index is 4.38. The normalized spacial score (nSPS) is 18.4. The summed E-state index contributed by atoms with van der Waals surface area (Å²) >= 11 is 0. The molecular weight excluding hydrogens is 310 g/mol. The van der Waals surface area contributed by atoms with E-state index in [-0.39, 0.29) is 0 Å². The summed E-state index contributed by atoms with van der Waals surface area (Å²) in [5.74, 6) is 1.49. The fourth-order valence-electron chi connectivity index (χ4n) is 3.25. The zero-order chi connectivity index (χ0) is 18.2. The average Bonchev–Trinajstić information content (AvgIpc) is 2.60. The van der Waals surface area contributed by atoms with E-state index in [9.17, 15) is 0 Å². The Bertz CT molecular complexity index is 530. The highest BCUT2D eigenvalue weighted by atomic mass is 15.3. The Morgan fingerprint density at radius 2 is 1.72 bits per heavy atom. The van der Waals surface area contributed by atoms with Crippen LogP contribution in [0, 0.1) is 12.8 Å². The van der Waals surface area contributed by atoms with E-state index in [0.717, 1.165) is 45.2 Å². The van der Waals surface area contributed by atoms with Gasteiger partial charge in [-0.05, 0) is 25.5 Å². The highest BCUT2D eigenvalue weighted by Crippen LogP contribution is 2.12. The quantitative estimate of drug-likeness (QED) is 0.611. The van der Waals surface area contributed by atoms with Crippen molar-refractivity contribution in [2.24, 2.45) is 10.9 Å². The van der Waals surface area contributed by atoms with E-state index in [2.05, 4.69) is 77.5 Å².